The van der Waals surface area contributed by atoms with E-state index in [-0.39, 0.29) is 11.3 Å². The molecule has 3 aromatic carbocycles. The number of aliphatic hydroxyl groups is 1. The number of ketones is 1. The Hall–Kier alpha value is -3.95. The van der Waals surface area contributed by atoms with Crippen molar-refractivity contribution in [1.29, 1.82) is 0 Å². The van der Waals surface area contributed by atoms with Crippen molar-refractivity contribution in [1.82, 2.24) is 10.2 Å². The molecule has 39 heavy (non-hydrogen) atoms. The van der Waals surface area contributed by atoms with Gasteiger partial charge in [0.2, 0.25) is 5.13 Å². The Balaban J connectivity index is 1.47. The Bertz CT molecular complexity index is 1470. The third kappa shape index (κ3) is 5.89. The number of rotatable bonds is 10. The molecule has 1 N–H and O–H groups in total. The number of benzene rings is 3. The second-order valence-corrected chi connectivity index (χ2v) is 11.1. The standard InChI is InChI=1S/C30H27N3O4S2/c1-2-3-18-37-23-16-14-22(15-17-23)26(34)24-25(21-12-8-5-9-13-21)33(28(36)27(24)35)29-31-32-30(39-29)38-19-20-10-6-4-7-11-20/h4-17,25,34H,2-3,18-19H2,1H3/t25-/m1/s1. The normalized spacial score (nSPS) is 16.5. The zero-order valence-electron chi connectivity index (χ0n) is 21.3. The molecule has 0 unspecified atom stereocenters. The van der Waals surface area contributed by atoms with Crippen LogP contribution in [0.15, 0.2) is 94.8 Å². The first kappa shape index (κ1) is 26.6. The third-order valence-corrected chi connectivity index (χ3v) is 8.39. The lowest BCUT2D eigenvalue weighted by molar-refractivity contribution is -0.132. The summed E-state index contributed by atoms with van der Waals surface area (Å²) in [6, 6.07) is 25.2. The van der Waals surface area contributed by atoms with Crippen LogP contribution in [-0.4, -0.2) is 33.6 Å². The van der Waals surface area contributed by atoms with E-state index in [4.69, 9.17) is 4.74 Å². The highest BCUT2D eigenvalue weighted by molar-refractivity contribution is 8.00. The molecule has 0 spiro atoms. The van der Waals surface area contributed by atoms with Crippen LogP contribution >= 0.6 is 23.1 Å². The number of nitrogens with zero attached hydrogens (tertiary/aromatic N) is 3. The van der Waals surface area contributed by atoms with Crippen LogP contribution in [0.5, 0.6) is 5.75 Å². The summed E-state index contributed by atoms with van der Waals surface area (Å²) in [5.74, 6) is -0.379. The average molecular weight is 558 g/mol. The Morgan fingerprint density at radius 3 is 2.36 bits per heavy atom. The fourth-order valence-electron chi connectivity index (χ4n) is 4.26. The maximum absolute atomic E-state index is 13.4. The second kappa shape index (κ2) is 12.3. The van der Waals surface area contributed by atoms with Gasteiger partial charge < -0.3 is 9.84 Å². The van der Waals surface area contributed by atoms with E-state index in [2.05, 4.69) is 17.1 Å². The average Bonchev–Trinajstić information content (AvgIpc) is 3.55. The Kier molecular flexibility index (Phi) is 8.39. The fourth-order valence-corrected chi connectivity index (χ4v) is 6.08. The number of aliphatic hydroxyl groups excluding tert-OH is 1. The van der Waals surface area contributed by atoms with E-state index in [1.54, 1.807) is 24.3 Å². The molecular weight excluding hydrogens is 530 g/mol. The van der Waals surface area contributed by atoms with E-state index in [0.29, 0.717) is 38.7 Å². The van der Waals surface area contributed by atoms with Crippen molar-refractivity contribution < 1.29 is 19.4 Å². The highest BCUT2D eigenvalue weighted by Crippen LogP contribution is 2.44. The van der Waals surface area contributed by atoms with Crippen molar-refractivity contribution in [2.75, 3.05) is 11.5 Å². The van der Waals surface area contributed by atoms with Crippen molar-refractivity contribution in [3.8, 4) is 5.75 Å². The first-order valence-electron chi connectivity index (χ1n) is 12.7. The van der Waals surface area contributed by atoms with Crippen molar-refractivity contribution in [3.63, 3.8) is 0 Å². The van der Waals surface area contributed by atoms with Gasteiger partial charge in [-0.2, -0.15) is 0 Å². The summed E-state index contributed by atoms with van der Waals surface area (Å²) in [5.41, 5.74) is 2.27. The van der Waals surface area contributed by atoms with Crippen LogP contribution < -0.4 is 9.64 Å². The Labute approximate surface area is 235 Å². The molecule has 0 bridgehead atoms. The zero-order chi connectivity index (χ0) is 27.2. The summed E-state index contributed by atoms with van der Waals surface area (Å²) in [4.78, 5) is 28.1. The van der Waals surface area contributed by atoms with E-state index in [0.717, 1.165) is 18.4 Å². The smallest absolute Gasteiger partial charge is 0.301 e. The van der Waals surface area contributed by atoms with Crippen molar-refractivity contribution in [2.45, 2.75) is 35.9 Å². The maximum atomic E-state index is 13.4. The molecule has 0 saturated carbocycles. The van der Waals surface area contributed by atoms with Gasteiger partial charge in [-0.25, -0.2) is 0 Å². The van der Waals surface area contributed by atoms with Gasteiger partial charge in [-0.3, -0.25) is 14.5 Å². The van der Waals surface area contributed by atoms with Gasteiger partial charge in [-0.05, 0) is 41.8 Å². The quantitative estimate of drug-likeness (QED) is 0.0584. The van der Waals surface area contributed by atoms with Crippen molar-refractivity contribution in [3.05, 3.63) is 107 Å². The lowest BCUT2D eigenvalue weighted by atomic mass is 9.95. The molecule has 1 atom stereocenters. The number of Topliss-reactive ketones (excluding diaryl/α,β-unsaturated/α-hetero) is 1. The fraction of sp³-hybridized carbons (Fsp3) is 0.200. The van der Waals surface area contributed by atoms with Gasteiger partial charge in [0, 0.05) is 11.3 Å². The highest BCUT2D eigenvalue weighted by Gasteiger charge is 2.48. The van der Waals surface area contributed by atoms with Gasteiger partial charge in [0.05, 0.1) is 18.2 Å². The Morgan fingerprint density at radius 1 is 0.974 bits per heavy atom. The van der Waals surface area contributed by atoms with Crippen LogP contribution in [0.2, 0.25) is 0 Å². The molecule has 0 radical (unpaired) electrons. The number of ether oxygens (including phenoxy) is 1. The van der Waals surface area contributed by atoms with Gasteiger partial charge in [-0.1, -0.05) is 97.1 Å². The van der Waals surface area contributed by atoms with Crippen molar-refractivity contribution in [2.24, 2.45) is 0 Å². The van der Waals surface area contributed by atoms with Crippen LogP contribution in [0.4, 0.5) is 5.13 Å². The zero-order valence-corrected chi connectivity index (χ0v) is 23.0. The minimum atomic E-state index is -0.841. The lowest BCUT2D eigenvalue weighted by Gasteiger charge is -2.22. The van der Waals surface area contributed by atoms with Gasteiger partial charge in [-0.15, -0.1) is 10.2 Å². The van der Waals surface area contributed by atoms with Crippen LogP contribution in [-0.2, 0) is 15.3 Å². The topological polar surface area (TPSA) is 92.6 Å². The van der Waals surface area contributed by atoms with Gasteiger partial charge in [0.15, 0.2) is 4.34 Å². The summed E-state index contributed by atoms with van der Waals surface area (Å²) in [5, 5.41) is 20.2. The molecule has 1 aromatic heterocycles. The van der Waals surface area contributed by atoms with Crippen LogP contribution in [0.3, 0.4) is 0 Å². The molecule has 1 aliphatic heterocycles. The first-order valence-corrected chi connectivity index (χ1v) is 14.5. The molecule has 5 rings (SSSR count). The SMILES string of the molecule is CCCCOc1ccc(C(O)=C2C(=O)C(=O)N(c3nnc(SCc4ccccc4)s3)[C@@H]2c2ccccc2)cc1. The summed E-state index contributed by atoms with van der Waals surface area (Å²) in [7, 11) is 0. The maximum Gasteiger partial charge on any atom is 0.301 e. The van der Waals surface area contributed by atoms with E-state index in [1.165, 1.54) is 28.0 Å². The molecule has 1 saturated heterocycles. The van der Waals surface area contributed by atoms with Crippen LogP contribution in [0.1, 0.15) is 42.5 Å². The largest absolute Gasteiger partial charge is 0.507 e. The molecule has 1 aliphatic rings. The number of carbonyl (C=O) groups is 2. The molecule has 198 valence electrons. The van der Waals surface area contributed by atoms with E-state index < -0.39 is 17.7 Å². The predicted octanol–water partition coefficient (Wildman–Crippen LogP) is 6.64. The highest BCUT2D eigenvalue weighted by atomic mass is 32.2. The summed E-state index contributed by atoms with van der Waals surface area (Å²) in [6.45, 7) is 2.70. The lowest BCUT2D eigenvalue weighted by Crippen LogP contribution is -2.29. The molecule has 7 nitrogen and oxygen atoms in total. The van der Waals surface area contributed by atoms with E-state index in [9.17, 15) is 14.7 Å². The van der Waals surface area contributed by atoms with Crippen molar-refractivity contribution >= 4 is 45.7 Å². The summed E-state index contributed by atoms with van der Waals surface area (Å²) < 4.78 is 6.40. The summed E-state index contributed by atoms with van der Waals surface area (Å²) >= 11 is 2.76. The molecule has 9 heteroatoms. The number of unbranched alkanes of at least 4 members (excludes halogenated alkanes) is 1. The second-order valence-electron chi connectivity index (χ2n) is 8.93. The molecular formula is C30H27N3O4S2. The molecule has 1 fully saturated rings. The predicted molar refractivity (Wildman–Crippen MR) is 154 cm³/mol. The number of anilines is 1. The van der Waals surface area contributed by atoms with Gasteiger partial charge in [0.1, 0.15) is 11.5 Å². The van der Waals surface area contributed by atoms with Gasteiger partial charge in [0.25, 0.3) is 5.78 Å². The summed E-state index contributed by atoms with van der Waals surface area (Å²) in [6.07, 6.45) is 1.97. The minimum Gasteiger partial charge on any atom is -0.507 e. The van der Waals surface area contributed by atoms with Crippen LogP contribution in [0, 0.1) is 0 Å². The monoisotopic (exact) mass is 557 g/mol. The van der Waals surface area contributed by atoms with E-state index >= 15 is 0 Å². The number of aromatic nitrogens is 2. The first-order chi connectivity index (χ1) is 19.1. The number of carbonyl (C=O) groups excluding carboxylic acids is 2. The van der Waals surface area contributed by atoms with Crippen LogP contribution in [0.25, 0.3) is 5.76 Å². The molecule has 1 amide bonds. The molecule has 4 aromatic rings. The number of thioether (sulfide) groups is 1. The number of amides is 1. The third-order valence-electron chi connectivity index (χ3n) is 6.26. The molecule has 2 heterocycles. The molecule has 0 aliphatic carbocycles. The minimum absolute atomic E-state index is 0.0135. The van der Waals surface area contributed by atoms with E-state index in [1.807, 2.05) is 60.7 Å². The van der Waals surface area contributed by atoms with Gasteiger partial charge >= 0.3 is 5.91 Å². The number of hydrogen-bond donors (Lipinski definition) is 1. The Morgan fingerprint density at radius 2 is 1.67 bits per heavy atom. The number of hydrogen-bond acceptors (Lipinski definition) is 8.